The molecule has 2 rings (SSSR count). The van der Waals surface area contributed by atoms with E-state index in [4.69, 9.17) is 11.6 Å². The predicted molar refractivity (Wildman–Crippen MR) is 55.1 cm³/mol. The lowest BCUT2D eigenvalue weighted by atomic mass is 10.2. The van der Waals surface area contributed by atoms with Crippen molar-refractivity contribution in [3.05, 3.63) is 33.7 Å². The second-order valence-corrected chi connectivity index (χ2v) is 4.10. The Balaban J connectivity index is 2.53. The van der Waals surface area contributed by atoms with Gasteiger partial charge in [0.1, 0.15) is 5.15 Å². The average molecular weight is 211 g/mol. The molecule has 13 heavy (non-hydrogen) atoms. The Bertz CT molecular complexity index is 425. The highest BCUT2D eigenvalue weighted by atomic mass is 35.5. The first-order valence-corrected chi connectivity index (χ1v) is 5.06. The number of hydrogen-bond acceptors (Lipinski definition) is 3. The van der Waals surface area contributed by atoms with E-state index in [-0.39, 0.29) is 0 Å². The van der Waals surface area contributed by atoms with Crippen LogP contribution in [0.25, 0.3) is 11.4 Å². The molecule has 0 fully saturated rings. The van der Waals surface area contributed by atoms with Gasteiger partial charge in [-0.1, -0.05) is 11.6 Å². The molecule has 0 aromatic carbocycles. The number of halogens is 1. The van der Waals surface area contributed by atoms with E-state index in [1.165, 1.54) is 4.88 Å². The van der Waals surface area contributed by atoms with E-state index < -0.39 is 0 Å². The van der Waals surface area contributed by atoms with Crippen LogP contribution in [0.5, 0.6) is 0 Å². The Hall–Kier alpha value is -0.930. The number of rotatable bonds is 1. The molecule has 2 nitrogen and oxygen atoms in total. The molecule has 0 saturated heterocycles. The lowest BCUT2D eigenvalue weighted by Gasteiger charge is -1.97. The molecule has 0 aliphatic rings. The van der Waals surface area contributed by atoms with Crippen molar-refractivity contribution in [1.82, 2.24) is 9.97 Å². The Labute approximate surface area is 85.2 Å². The molecule has 0 amide bonds. The Morgan fingerprint density at radius 3 is 2.85 bits per heavy atom. The lowest BCUT2D eigenvalue weighted by Crippen LogP contribution is -1.87. The van der Waals surface area contributed by atoms with Crippen LogP contribution in [0.4, 0.5) is 0 Å². The quantitative estimate of drug-likeness (QED) is 0.676. The van der Waals surface area contributed by atoms with Gasteiger partial charge >= 0.3 is 0 Å². The van der Waals surface area contributed by atoms with E-state index >= 15 is 0 Å². The van der Waals surface area contributed by atoms with E-state index in [1.54, 1.807) is 23.6 Å². The average Bonchev–Trinajstić information content (AvgIpc) is 2.51. The maximum atomic E-state index is 5.77. The summed E-state index contributed by atoms with van der Waals surface area (Å²) in [6, 6.07) is 3.68. The molecule has 2 heterocycles. The van der Waals surface area contributed by atoms with Crippen molar-refractivity contribution in [3.63, 3.8) is 0 Å². The molecule has 0 radical (unpaired) electrons. The molecule has 0 N–H and O–H groups in total. The summed E-state index contributed by atoms with van der Waals surface area (Å²) in [6.07, 6.45) is 1.67. The normalized spacial score (nSPS) is 10.3. The van der Waals surface area contributed by atoms with Crippen LogP contribution in [0, 0.1) is 6.92 Å². The topological polar surface area (TPSA) is 25.8 Å². The van der Waals surface area contributed by atoms with Crippen LogP contribution < -0.4 is 0 Å². The fourth-order valence-corrected chi connectivity index (χ4v) is 1.91. The second-order valence-electron chi connectivity index (χ2n) is 2.59. The monoisotopic (exact) mass is 210 g/mol. The Kier molecular flexibility index (Phi) is 2.29. The highest BCUT2D eigenvalue weighted by Gasteiger charge is 2.05. The minimum absolute atomic E-state index is 0.482. The third kappa shape index (κ3) is 1.71. The number of thiophene rings is 1. The zero-order valence-electron chi connectivity index (χ0n) is 6.99. The van der Waals surface area contributed by atoms with Crippen LogP contribution in [-0.2, 0) is 0 Å². The van der Waals surface area contributed by atoms with Gasteiger partial charge in [-0.25, -0.2) is 9.97 Å². The molecule has 0 atom stereocenters. The van der Waals surface area contributed by atoms with Crippen LogP contribution in [0.2, 0.25) is 5.15 Å². The lowest BCUT2D eigenvalue weighted by molar-refractivity contribution is 1.17. The van der Waals surface area contributed by atoms with Gasteiger partial charge in [0.05, 0.1) is 0 Å². The highest BCUT2D eigenvalue weighted by Crippen LogP contribution is 2.24. The summed E-state index contributed by atoms with van der Waals surface area (Å²) in [7, 11) is 0. The summed E-state index contributed by atoms with van der Waals surface area (Å²) >= 11 is 7.45. The van der Waals surface area contributed by atoms with Gasteiger partial charge in [-0.3, -0.25) is 0 Å². The van der Waals surface area contributed by atoms with Gasteiger partial charge in [0.2, 0.25) is 0 Å². The molecule has 0 unspecified atom stereocenters. The van der Waals surface area contributed by atoms with E-state index in [0.717, 1.165) is 5.56 Å². The zero-order chi connectivity index (χ0) is 9.26. The van der Waals surface area contributed by atoms with E-state index in [9.17, 15) is 0 Å². The van der Waals surface area contributed by atoms with Gasteiger partial charge < -0.3 is 0 Å². The molecule has 0 bridgehead atoms. The summed E-state index contributed by atoms with van der Waals surface area (Å²) in [6.45, 7) is 2.05. The summed E-state index contributed by atoms with van der Waals surface area (Å²) in [5.74, 6) is 0.700. The van der Waals surface area contributed by atoms with Gasteiger partial charge in [0.15, 0.2) is 5.82 Å². The Morgan fingerprint density at radius 2 is 2.23 bits per heavy atom. The molecule has 66 valence electrons. The van der Waals surface area contributed by atoms with E-state index in [1.807, 2.05) is 18.4 Å². The van der Waals surface area contributed by atoms with Crippen molar-refractivity contribution >= 4 is 22.9 Å². The molecular weight excluding hydrogens is 204 g/mol. The first kappa shape index (κ1) is 8.66. The molecular formula is C9H7ClN2S. The highest BCUT2D eigenvalue weighted by molar-refractivity contribution is 7.10. The van der Waals surface area contributed by atoms with Gasteiger partial charge in [-0.15, -0.1) is 11.3 Å². The van der Waals surface area contributed by atoms with Crippen LogP contribution in [0.15, 0.2) is 23.7 Å². The first-order chi connectivity index (χ1) is 6.27. The third-order valence-corrected chi connectivity index (χ3v) is 2.78. The number of aromatic nitrogens is 2. The van der Waals surface area contributed by atoms with Crippen molar-refractivity contribution in [2.24, 2.45) is 0 Å². The van der Waals surface area contributed by atoms with Gasteiger partial charge in [0, 0.05) is 16.6 Å². The predicted octanol–water partition coefficient (Wildman–Crippen LogP) is 3.17. The van der Waals surface area contributed by atoms with Crippen LogP contribution in [0.1, 0.15) is 4.88 Å². The van der Waals surface area contributed by atoms with Crippen LogP contribution in [-0.4, -0.2) is 9.97 Å². The minimum atomic E-state index is 0.482. The standard InChI is InChI=1S/C9H7ClN2S/c1-6-7(3-5-13-6)9-11-4-2-8(10)12-9/h2-5H,1H3. The van der Waals surface area contributed by atoms with E-state index in [0.29, 0.717) is 11.0 Å². The van der Waals surface area contributed by atoms with Crippen molar-refractivity contribution in [1.29, 1.82) is 0 Å². The van der Waals surface area contributed by atoms with Crippen molar-refractivity contribution in [3.8, 4) is 11.4 Å². The van der Waals surface area contributed by atoms with E-state index in [2.05, 4.69) is 9.97 Å². The molecule has 0 aliphatic carbocycles. The van der Waals surface area contributed by atoms with Gasteiger partial charge in [-0.2, -0.15) is 0 Å². The third-order valence-electron chi connectivity index (χ3n) is 1.72. The summed E-state index contributed by atoms with van der Waals surface area (Å²) in [5, 5.41) is 2.50. The van der Waals surface area contributed by atoms with Crippen molar-refractivity contribution in [2.75, 3.05) is 0 Å². The number of nitrogens with zero attached hydrogens (tertiary/aromatic N) is 2. The Morgan fingerprint density at radius 1 is 1.38 bits per heavy atom. The molecule has 2 aromatic heterocycles. The molecule has 4 heteroatoms. The van der Waals surface area contributed by atoms with Gasteiger partial charge in [-0.05, 0) is 24.4 Å². The van der Waals surface area contributed by atoms with Crippen molar-refractivity contribution in [2.45, 2.75) is 6.92 Å². The zero-order valence-corrected chi connectivity index (χ0v) is 8.56. The maximum Gasteiger partial charge on any atom is 0.161 e. The molecule has 0 saturated carbocycles. The first-order valence-electron chi connectivity index (χ1n) is 3.80. The van der Waals surface area contributed by atoms with Crippen LogP contribution >= 0.6 is 22.9 Å². The second kappa shape index (κ2) is 3.44. The molecule has 2 aromatic rings. The fourth-order valence-electron chi connectivity index (χ4n) is 1.08. The summed E-state index contributed by atoms with van der Waals surface area (Å²) in [4.78, 5) is 9.50. The molecule has 0 spiro atoms. The number of aryl methyl sites for hydroxylation is 1. The fraction of sp³-hybridized carbons (Fsp3) is 0.111. The number of hydrogen-bond donors (Lipinski definition) is 0. The smallest absolute Gasteiger partial charge is 0.161 e. The van der Waals surface area contributed by atoms with Gasteiger partial charge in [0.25, 0.3) is 0 Å². The largest absolute Gasteiger partial charge is 0.236 e. The summed E-state index contributed by atoms with van der Waals surface area (Å²) < 4.78 is 0. The minimum Gasteiger partial charge on any atom is -0.236 e. The SMILES string of the molecule is Cc1sccc1-c1nccc(Cl)n1. The van der Waals surface area contributed by atoms with Crippen LogP contribution in [0.3, 0.4) is 0 Å². The molecule has 0 aliphatic heterocycles. The van der Waals surface area contributed by atoms with Crippen molar-refractivity contribution < 1.29 is 0 Å². The summed E-state index contributed by atoms with van der Waals surface area (Å²) in [5.41, 5.74) is 1.06. The maximum absolute atomic E-state index is 5.77.